The first-order valence-electron chi connectivity index (χ1n) is 6.03. The predicted octanol–water partition coefficient (Wildman–Crippen LogP) is 2.22. The molecule has 0 aliphatic heterocycles. The Bertz CT molecular complexity index is 556. The highest BCUT2D eigenvalue weighted by atomic mass is 32.2. The molecule has 0 saturated heterocycles. The lowest BCUT2D eigenvalue weighted by Gasteiger charge is -2.14. The van der Waals surface area contributed by atoms with Gasteiger partial charge in [0.25, 0.3) is 15.8 Å². The number of allylic oxidation sites excluding steroid dienone is 2. The zero-order valence-corrected chi connectivity index (χ0v) is 11.6. The molecule has 1 aliphatic rings. The van der Waals surface area contributed by atoms with Crippen LogP contribution in [0.3, 0.4) is 0 Å². The van der Waals surface area contributed by atoms with E-state index in [0.29, 0.717) is 0 Å². The molecule has 1 aliphatic carbocycles. The second-order valence-corrected chi connectivity index (χ2v) is 5.86. The lowest BCUT2D eigenvalue weighted by Crippen LogP contribution is -2.16. The molecule has 0 fully saturated rings. The molecule has 7 nitrogen and oxygen atoms in total. The Morgan fingerprint density at radius 1 is 1.45 bits per heavy atom. The first-order chi connectivity index (χ1) is 9.38. The number of nitrogens with zero attached hydrogens (tertiary/aromatic N) is 2. The SMILES string of the molecule is O=S(=O)(O)CC1CC=CCC1.O=[N+]([O-])c1cccnc1. The summed E-state index contributed by atoms with van der Waals surface area (Å²) in [4.78, 5) is 13.1. The van der Waals surface area contributed by atoms with Gasteiger partial charge in [-0.1, -0.05) is 12.2 Å². The molecule has 0 radical (unpaired) electrons. The first-order valence-corrected chi connectivity index (χ1v) is 7.64. The first kappa shape index (κ1) is 16.3. The minimum Gasteiger partial charge on any atom is -0.286 e. The number of hydrogen-bond acceptors (Lipinski definition) is 5. The van der Waals surface area contributed by atoms with Crippen molar-refractivity contribution in [3.05, 3.63) is 46.8 Å². The van der Waals surface area contributed by atoms with Crippen molar-refractivity contribution in [3.8, 4) is 0 Å². The Balaban J connectivity index is 0.000000204. The van der Waals surface area contributed by atoms with Crippen molar-refractivity contribution >= 4 is 15.8 Å². The molecule has 20 heavy (non-hydrogen) atoms. The van der Waals surface area contributed by atoms with E-state index in [1.807, 2.05) is 12.2 Å². The van der Waals surface area contributed by atoms with Gasteiger partial charge in [0.15, 0.2) is 0 Å². The van der Waals surface area contributed by atoms with Crippen molar-refractivity contribution in [2.75, 3.05) is 5.75 Å². The van der Waals surface area contributed by atoms with Gasteiger partial charge in [-0.05, 0) is 31.2 Å². The number of rotatable bonds is 3. The Hall–Kier alpha value is -1.80. The van der Waals surface area contributed by atoms with Crippen LogP contribution in [0.4, 0.5) is 5.69 Å². The fourth-order valence-corrected chi connectivity index (χ4v) is 2.67. The van der Waals surface area contributed by atoms with Gasteiger partial charge in [-0.25, -0.2) is 0 Å². The second-order valence-electron chi connectivity index (χ2n) is 4.37. The van der Waals surface area contributed by atoms with E-state index < -0.39 is 15.0 Å². The number of aromatic nitrogens is 1. The summed E-state index contributed by atoms with van der Waals surface area (Å²) in [6.45, 7) is 0. The van der Waals surface area contributed by atoms with E-state index in [2.05, 4.69) is 4.98 Å². The molecule has 1 unspecified atom stereocenters. The Labute approximate surface area is 117 Å². The zero-order valence-electron chi connectivity index (χ0n) is 10.8. The maximum atomic E-state index is 10.4. The molecule has 0 aromatic carbocycles. The molecule has 0 amide bonds. The summed E-state index contributed by atoms with van der Waals surface area (Å²) in [6.07, 6.45) is 9.29. The molecule has 110 valence electrons. The van der Waals surface area contributed by atoms with Crippen molar-refractivity contribution in [3.63, 3.8) is 0 Å². The van der Waals surface area contributed by atoms with E-state index >= 15 is 0 Å². The molecule has 2 rings (SSSR count). The molecule has 1 heterocycles. The molecule has 1 aromatic rings. The summed E-state index contributed by atoms with van der Waals surface area (Å²) in [7, 11) is -3.76. The summed E-state index contributed by atoms with van der Waals surface area (Å²) in [5, 5.41) is 9.97. The van der Waals surface area contributed by atoms with Crippen molar-refractivity contribution in [2.45, 2.75) is 19.3 Å². The van der Waals surface area contributed by atoms with Crippen LogP contribution < -0.4 is 0 Å². The summed E-state index contributed by atoms with van der Waals surface area (Å²) in [5.74, 6) is 0.0344. The third kappa shape index (κ3) is 6.95. The van der Waals surface area contributed by atoms with E-state index in [9.17, 15) is 18.5 Å². The van der Waals surface area contributed by atoms with Gasteiger partial charge in [-0.3, -0.25) is 19.7 Å². The molecule has 1 N–H and O–H groups in total. The lowest BCUT2D eigenvalue weighted by molar-refractivity contribution is -0.385. The highest BCUT2D eigenvalue weighted by Gasteiger charge is 2.16. The molecular formula is C12H16N2O5S. The average Bonchev–Trinajstić information content (AvgIpc) is 2.40. The van der Waals surface area contributed by atoms with E-state index in [0.717, 1.165) is 19.3 Å². The molecular weight excluding hydrogens is 284 g/mol. The number of hydrogen-bond donors (Lipinski definition) is 1. The third-order valence-electron chi connectivity index (χ3n) is 2.68. The maximum absolute atomic E-state index is 10.4. The lowest BCUT2D eigenvalue weighted by atomic mass is 9.97. The van der Waals surface area contributed by atoms with Gasteiger partial charge in [0.2, 0.25) is 0 Å². The van der Waals surface area contributed by atoms with Gasteiger partial charge in [-0.15, -0.1) is 0 Å². The van der Waals surface area contributed by atoms with Crippen LogP contribution in [-0.4, -0.2) is 28.6 Å². The van der Waals surface area contributed by atoms with Crippen LogP contribution in [-0.2, 0) is 10.1 Å². The van der Waals surface area contributed by atoms with Gasteiger partial charge in [0.05, 0.1) is 10.7 Å². The smallest absolute Gasteiger partial charge is 0.286 e. The van der Waals surface area contributed by atoms with Crippen LogP contribution in [0.15, 0.2) is 36.7 Å². The van der Waals surface area contributed by atoms with Gasteiger partial charge < -0.3 is 0 Å². The monoisotopic (exact) mass is 300 g/mol. The molecule has 1 aromatic heterocycles. The van der Waals surface area contributed by atoms with E-state index in [4.69, 9.17) is 4.55 Å². The Morgan fingerprint density at radius 2 is 2.20 bits per heavy atom. The summed E-state index contributed by atoms with van der Waals surface area (Å²) in [6, 6.07) is 2.92. The van der Waals surface area contributed by atoms with Crippen LogP contribution in [0.25, 0.3) is 0 Å². The minimum atomic E-state index is -3.76. The minimum absolute atomic E-state index is 0.0255. The fraction of sp³-hybridized carbons (Fsp3) is 0.417. The van der Waals surface area contributed by atoms with Crippen LogP contribution in [0.1, 0.15) is 19.3 Å². The quantitative estimate of drug-likeness (QED) is 0.396. The van der Waals surface area contributed by atoms with E-state index in [1.165, 1.54) is 24.5 Å². The Kier molecular flexibility index (Phi) is 6.26. The number of nitro groups is 1. The highest BCUT2D eigenvalue weighted by Crippen LogP contribution is 2.19. The van der Waals surface area contributed by atoms with Crippen LogP contribution in [0.2, 0.25) is 0 Å². The van der Waals surface area contributed by atoms with Crippen LogP contribution in [0, 0.1) is 16.0 Å². The van der Waals surface area contributed by atoms with Crippen LogP contribution in [0.5, 0.6) is 0 Å². The van der Waals surface area contributed by atoms with Crippen molar-refractivity contribution in [2.24, 2.45) is 5.92 Å². The van der Waals surface area contributed by atoms with E-state index in [1.54, 1.807) is 0 Å². The maximum Gasteiger partial charge on any atom is 0.287 e. The number of pyridine rings is 1. The van der Waals surface area contributed by atoms with Gasteiger partial charge >= 0.3 is 0 Å². The molecule has 8 heteroatoms. The third-order valence-corrected chi connectivity index (χ3v) is 3.57. The summed E-state index contributed by atoms with van der Waals surface area (Å²) < 4.78 is 29.4. The standard InChI is InChI=1S/C7H12O3S.C5H4N2O2/c8-11(9,10)6-7-4-2-1-3-5-7;8-7(9)5-2-1-3-6-4-5/h1-2,7H,3-6H2,(H,8,9,10);1-4H. The average molecular weight is 300 g/mol. The molecule has 0 spiro atoms. The summed E-state index contributed by atoms with van der Waals surface area (Å²) in [5.41, 5.74) is 0.0255. The van der Waals surface area contributed by atoms with Gasteiger partial charge in [0.1, 0.15) is 6.20 Å². The largest absolute Gasteiger partial charge is 0.287 e. The van der Waals surface area contributed by atoms with Crippen molar-refractivity contribution in [1.29, 1.82) is 0 Å². The molecule has 1 atom stereocenters. The molecule has 0 bridgehead atoms. The normalized spacial score (nSPS) is 17.9. The highest BCUT2D eigenvalue weighted by molar-refractivity contribution is 7.85. The predicted molar refractivity (Wildman–Crippen MR) is 73.8 cm³/mol. The zero-order chi connectivity index (χ0) is 15.0. The van der Waals surface area contributed by atoms with Gasteiger partial charge in [0, 0.05) is 12.3 Å². The fourth-order valence-electron chi connectivity index (χ4n) is 1.77. The Morgan fingerprint density at radius 3 is 2.60 bits per heavy atom. The van der Waals surface area contributed by atoms with Crippen molar-refractivity contribution < 1.29 is 17.9 Å². The van der Waals surface area contributed by atoms with Crippen molar-refractivity contribution in [1.82, 2.24) is 4.98 Å². The van der Waals surface area contributed by atoms with Gasteiger partial charge in [-0.2, -0.15) is 8.42 Å². The topological polar surface area (TPSA) is 110 Å². The summed E-state index contributed by atoms with van der Waals surface area (Å²) >= 11 is 0. The van der Waals surface area contributed by atoms with E-state index in [-0.39, 0.29) is 17.4 Å². The molecule has 0 saturated carbocycles. The second kappa shape index (κ2) is 7.71. The van der Waals surface area contributed by atoms with Crippen LogP contribution >= 0.6 is 0 Å².